The highest BCUT2D eigenvalue weighted by atomic mass is 32.2. The van der Waals surface area contributed by atoms with Crippen molar-refractivity contribution in [3.8, 4) is 22.6 Å². The zero-order valence-corrected chi connectivity index (χ0v) is 43.5. The average Bonchev–Trinajstić information content (AvgIpc) is 3.22. The lowest BCUT2D eigenvalue weighted by atomic mass is 9.83. The summed E-state index contributed by atoms with van der Waals surface area (Å²) >= 11 is 0. The molecule has 5 unspecified atom stereocenters. The van der Waals surface area contributed by atoms with Crippen LogP contribution in [0.5, 0.6) is 11.5 Å². The fraction of sp³-hybridized carbons (Fsp3) is 0.612. The first-order chi connectivity index (χ1) is 32.2. The molecule has 0 saturated heterocycles. The fourth-order valence-corrected chi connectivity index (χ4v) is 8.79. The van der Waals surface area contributed by atoms with E-state index in [-0.39, 0.29) is 79.8 Å². The van der Waals surface area contributed by atoms with Crippen molar-refractivity contribution >= 4 is 51.9 Å². The van der Waals surface area contributed by atoms with Gasteiger partial charge < -0.3 is 49.6 Å². The Hall–Kier alpha value is -5.96. The minimum atomic E-state index is -4.36. The standard InChI is InChI=1S/C49H73N5O15S/c1-14-31-27-33(43(59)60)25-30-18-20-37(55)34(26-30)35-28-32(19-21-38(35)66-46(63)69-49(9,10)11)39(41(57)51-29(2)40(31)56)54(13)42(58)36(17-15-16-22-50-44(61)67-47(3,4)5)52-70(64,65)24-23-53(12)45(62)68-48(6,7)8/h18-21,26,28-29,31,33,36,39,52,55H,14-17,22-25,27H2,1-13H3,(H,50,61)(H,51,57)(H,59,60). The molecule has 2 aromatic carbocycles. The van der Waals surface area contributed by atoms with Crippen molar-refractivity contribution in [1.29, 1.82) is 0 Å². The third kappa shape index (κ3) is 18.4. The maximum atomic E-state index is 14.9. The minimum absolute atomic E-state index is 0.0301. The highest BCUT2D eigenvalue weighted by Gasteiger charge is 2.38. The number of hydrogen-bond donors (Lipinski definition) is 5. The molecule has 1 aliphatic heterocycles. The highest BCUT2D eigenvalue weighted by molar-refractivity contribution is 7.89. The average molecular weight is 1000 g/mol. The molecule has 0 aliphatic carbocycles. The second-order valence-corrected chi connectivity index (χ2v) is 22.4. The van der Waals surface area contributed by atoms with E-state index < -0.39 is 104 Å². The molecule has 0 fully saturated rings. The van der Waals surface area contributed by atoms with E-state index in [0.717, 1.165) is 9.80 Å². The number of ketones is 1. The lowest BCUT2D eigenvalue weighted by Gasteiger charge is -2.32. The number of unbranched alkanes of at least 4 members (excludes halogenated alkanes) is 1. The van der Waals surface area contributed by atoms with Crippen molar-refractivity contribution < 1.29 is 71.1 Å². The summed E-state index contributed by atoms with van der Waals surface area (Å²) in [5.41, 5.74) is -1.99. The van der Waals surface area contributed by atoms with Crippen molar-refractivity contribution in [3.05, 3.63) is 47.5 Å². The number of Topliss-reactive ketones (excluding diaryl/α,β-unsaturated/α-hetero) is 1. The van der Waals surface area contributed by atoms with Crippen molar-refractivity contribution in [2.45, 2.75) is 150 Å². The molecule has 20 nitrogen and oxygen atoms in total. The molecule has 5 atom stereocenters. The number of amides is 4. The number of hydrogen-bond acceptors (Lipinski definition) is 14. The molecule has 1 aliphatic rings. The molecule has 0 aromatic heterocycles. The van der Waals surface area contributed by atoms with Crippen LogP contribution in [0, 0.1) is 11.8 Å². The predicted octanol–water partition coefficient (Wildman–Crippen LogP) is 6.47. The molecule has 21 heteroatoms. The molecule has 4 amide bonds. The number of aliphatic carboxylic acids is 1. The molecule has 5 N–H and O–H groups in total. The number of carboxylic acids is 1. The van der Waals surface area contributed by atoms with Gasteiger partial charge in [-0.05, 0) is 143 Å². The number of ether oxygens (including phenoxy) is 4. The van der Waals surface area contributed by atoms with E-state index in [1.165, 1.54) is 57.4 Å². The van der Waals surface area contributed by atoms with Crippen LogP contribution in [0.25, 0.3) is 11.1 Å². The van der Waals surface area contributed by atoms with Crippen molar-refractivity contribution in [2.75, 3.05) is 32.9 Å². The lowest BCUT2D eigenvalue weighted by molar-refractivity contribution is -0.143. The first kappa shape index (κ1) is 58.4. The molecule has 2 aromatic rings. The van der Waals surface area contributed by atoms with Gasteiger partial charge in [0.05, 0.1) is 17.7 Å². The maximum Gasteiger partial charge on any atom is 0.514 e. The maximum absolute atomic E-state index is 14.9. The highest BCUT2D eigenvalue weighted by Crippen LogP contribution is 2.40. The van der Waals surface area contributed by atoms with Crippen molar-refractivity contribution in [2.24, 2.45) is 11.8 Å². The number of aromatic hydroxyl groups is 1. The SMILES string of the molecule is CCC1CC(C(=O)O)Cc2ccc(O)c(c2)-c2cc(ccc2OC(=O)OC(C)(C)C)C(N(C)C(=O)C(CCCCNC(=O)OC(C)(C)C)NS(=O)(=O)CCN(C)C(=O)OC(C)(C)C)C(=O)NC(C)C1=O. The summed E-state index contributed by atoms with van der Waals surface area (Å²) in [6.07, 6.45) is -2.16. The fourth-order valence-electron chi connectivity index (χ4n) is 7.50. The van der Waals surface area contributed by atoms with Crippen LogP contribution in [0.1, 0.15) is 125 Å². The van der Waals surface area contributed by atoms with Crippen LogP contribution in [0.2, 0.25) is 0 Å². The van der Waals surface area contributed by atoms with Gasteiger partial charge in [0.15, 0.2) is 5.78 Å². The van der Waals surface area contributed by atoms with Gasteiger partial charge in [0.25, 0.3) is 0 Å². The van der Waals surface area contributed by atoms with Crippen molar-refractivity contribution in [1.82, 2.24) is 25.2 Å². The van der Waals surface area contributed by atoms with Crippen LogP contribution in [0.3, 0.4) is 0 Å². The molecule has 1 heterocycles. The smallest absolute Gasteiger partial charge is 0.507 e. The summed E-state index contributed by atoms with van der Waals surface area (Å²) in [4.78, 5) is 96.5. The summed E-state index contributed by atoms with van der Waals surface area (Å²) in [6.45, 7) is 17.9. The van der Waals surface area contributed by atoms with Gasteiger partial charge in [-0.15, -0.1) is 0 Å². The third-order valence-electron chi connectivity index (χ3n) is 10.9. The molecule has 0 spiro atoms. The molecule has 0 saturated carbocycles. The lowest BCUT2D eigenvalue weighted by Crippen LogP contribution is -2.53. The second kappa shape index (κ2) is 24.2. The van der Waals surface area contributed by atoms with Crippen LogP contribution >= 0.6 is 0 Å². The Kier molecular flexibility index (Phi) is 20.2. The van der Waals surface area contributed by atoms with E-state index in [2.05, 4.69) is 15.4 Å². The minimum Gasteiger partial charge on any atom is -0.507 e. The summed E-state index contributed by atoms with van der Waals surface area (Å²) in [5, 5.41) is 27.0. The number of carboxylic acid groups (broad SMARTS) is 1. The number of sulfonamides is 1. The van der Waals surface area contributed by atoms with Crippen molar-refractivity contribution in [3.63, 3.8) is 0 Å². The monoisotopic (exact) mass is 1000 g/mol. The molecule has 390 valence electrons. The Morgan fingerprint density at radius 1 is 0.871 bits per heavy atom. The number of nitrogens with zero attached hydrogens (tertiary/aromatic N) is 2. The van der Waals surface area contributed by atoms with E-state index in [1.807, 2.05) is 0 Å². The van der Waals surface area contributed by atoms with Crippen LogP contribution < -0.4 is 20.1 Å². The van der Waals surface area contributed by atoms with Gasteiger partial charge in [-0.3, -0.25) is 19.2 Å². The molecule has 70 heavy (non-hydrogen) atoms. The first-order valence-electron chi connectivity index (χ1n) is 23.3. The van der Waals surface area contributed by atoms with Gasteiger partial charge in [-0.1, -0.05) is 19.1 Å². The number of nitrogens with one attached hydrogen (secondary N) is 3. The van der Waals surface area contributed by atoms with E-state index in [4.69, 9.17) is 18.9 Å². The number of phenolic OH excluding ortho intramolecular Hbond substituents is 1. The van der Waals surface area contributed by atoms with Crippen LogP contribution in [0.4, 0.5) is 14.4 Å². The Bertz CT molecular complexity index is 2330. The molecular weight excluding hydrogens is 931 g/mol. The zero-order valence-electron chi connectivity index (χ0n) is 42.7. The quantitative estimate of drug-likeness (QED) is 0.0554. The number of phenols is 1. The van der Waals surface area contributed by atoms with Gasteiger partial charge in [-0.2, -0.15) is 0 Å². The number of benzene rings is 2. The van der Waals surface area contributed by atoms with Gasteiger partial charge in [0.1, 0.15) is 40.4 Å². The zero-order chi connectivity index (χ0) is 53.1. The number of alkyl carbamates (subject to hydrolysis) is 1. The summed E-state index contributed by atoms with van der Waals surface area (Å²) < 4.78 is 51.7. The number of carbonyl (C=O) groups is 7. The first-order valence-corrected chi connectivity index (χ1v) is 25.0. The normalized spacial score (nSPS) is 18.5. The molecule has 4 bridgehead atoms. The van der Waals surface area contributed by atoms with Gasteiger partial charge in [-0.25, -0.2) is 27.5 Å². The van der Waals surface area contributed by atoms with E-state index in [1.54, 1.807) is 69.2 Å². The van der Waals surface area contributed by atoms with E-state index in [9.17, 15) is 52.2 Å². The third-order valence-corrected chi connectivity index (χ3v) is 12.3. The Morgan fingerprint density at radius 3 is 2.09 bits per heavy atom. The summed E-state index contributed by atoms with van der Waals surface area (Å²) in [5.74, 6) is -6.39. The number of likely N-dealkylation sites (N-methyl/N-ethyl adjacent to an activating group) is 1. The van der Waals surface area contributed by atoms with Crippen LogP contribution in [0.15, 0.2) is 36.4 Å². The van der Waals surface area contributed by atoms with E-state index >= 15 is 0 Å². The van der Waals surface area contributed by atoms with Gasteiger partial charge in [0.2, 0.25) is 21.8 Å². The van der Waals surface area contributed by atoms with E-state index in [0.29, 0.717) is 5.56 Å². The number of rotatable bonds is 15. The Morgan fingerprint density at radius 2 is 1.50 bits per heavy atom. The predicted molar refractivity (Wildman–Crippen MR) is 259 cm³/mol. The molecule has 0 radical (unpaired) electrons. The second-order valence-electron chi connectivity index (χ2n) is 20.6. The van der Waals surface area contributed by atoms with Gasteiger partial charge in [0, 0.05) is 44.2 Å². The number of fused-ring (bicyclic) bond motifs is 5. The van der Waals surface area contributed by atoms with Gasteiger partial charge >= 0.3 is 24.3 Å². The van der Waals surface area contributed by atoms with Crippen LogP contribution in [-0.4, -0.2) is 132 Å². The summed E-state index contributed by atoms with van der Waals surface area (Å²) in [6, 6.07) is 4.10. The Balaban J connectivity index is 2.22. The largest absolute Gasteiger partial charge is 0.514 e. The molecule has 3 rings (SSSR count). The Labute approximate surface area is 411 Å². The topological polar surface area (TPSA) is 274 Å². The number of carbonyl (C=O) groups excluding carboxylic acids is 6. The molecular formula is C49H73N5O15S. The summed E-state index contributed by atoms with van der Waals surface area (Å²) in [7, 11) is -1.74. The van der Waals surface area contributed by atoms with Crippen LogP contribution in [-0.2, 0) is 49.8 Å².